The summed E-state index contributed by atoms with van der Waals surface area (Å²) in [4.78, 5) is 8.92. The van der Waals surface area contributed by atoms with Crippen LogP contribution in [0, 0.1) is 0 Å². The van der Waals surface area contributed by atoms with Crippen LogP contribution in [0.4, 0.5) is 5.82 Å². The van der Waals surface area contributed by atoms with Crippen molar-refractivity contribution >= 4 is 17.4 Å². The third-order valence-electron chi connectivity index (χ3n) is 2.92. The summed E-state index contributed by atoms with van der Waals surface area (Å²) in [5.41, 5.74) is 1.14. The van der Waals surface area contributed by atoms with Gasteiger partial charge in [-0.15, -0.1) is 0 Å². The lowest BCUT2D eigenvalue weighted by atomic mass is 10.2. The van der Waals surface area contributed by atoms with Gasteiger partial charge in [0.2, 0.25) is 5.88 Å². The van der Waals surface area contributed by atoms with Crippen LogP contribution in [0.2, 0.25) is 5.02 Å². The zero-order valence-electron chi connectivity index (χ0n) is 12.6. The van der Waals surface area contributed by atoms with E-state index in [-0.39, 0.29) is 5.92 Å². The molecule has 0 atom stereocenters. The fourth-order valence-electron chi connectivity index (χ4n) is 1.81. The van der Waals surface area contributed by atoms with Crippen LogP contribution in [0.25, 0.3) is 0 Å². The summed E-state index contributed by atoms with van der Waals surface area (Å²) in [6.45, 7) is 7.34. The highest BCUT2D eigenvalue weighted by atomic mass is 35.5. The predicted molar refractivity (Wildman–Crippen MR) is 86.1 cm³/mol. The van der Waals surface area contributed by atoms with Gasteiger partial charge in [-0.1, -0.05) is 37.6 Å². The van der Waals surface area contributed by atoms with Crippen LogP contribution in [0.1, 0.15) is 38.1 Å². The maximum Gasteiger partial charge on any atom is 0.218 e. The molecule has 1 aromatic heterocycles. The molecule has 0 fully saturated rings. The molecule has 1 N–H and O–H groups in total. The Morgan fingerprint density at radius 3 is 2.52 bits per heavy atom. The van der Waals surface area contributed by atoms with E-state index in [4.69, 9.17) is 16.3 Å². The van der Waals surface area contributed by atoms with Crippen molar-refractivity contribution < 1.29 is 4.74 Å². The van der Waals surface area contributed by atoms with Gasteiger partial charge in [0.05, 0.1) is 6.61 Å². The van der Waals surface area contributed by atoms with Gasteiger partial charge in [-0.3, -0.25) is 0 Å². The summed E-state index contributed by atoms with van der Waals surface area (Å²) < 4.78 is 5.50. The molecule has 0 saturated carbocycles. The van der Waals surface area contributed by atoms with Crippen LogP contribution in [0.15, 0.2) is 30.3 Å². The van der Waals surface area contributed by atoms with Gasteiger partial charge in [0.1, 0.15) is 11.6 Å². The lowest BCUT2D eigenvalue weighted by molar-refractivity contribution is 0.324. The number of rotatable bonds is 6. The molecule has 0 spiro atoms. The normalized spacial score (nSPS) is 10.7. The Morgan fingerprint density at radius 1 is 1.19 bits per heavy atom. The molecule has 0 aliphatic carbocycles. The molecule has 0 radical (unpaired) electrons. The highest BCUT2D eigenvalue weighted by molar-refractivity contribution is 6.30. The van der Waals surface area contributed by atoms with Gasteiger partial charge in [0, 0.05) is 23.6 Å². The van der Waals surface area contributed by atoms with Crippen molar-refractivity contribution in [3.8, 4) is 5.88 Å². The standard InChI is InChI=1S/C16H20ClN3O/c1-4-21-15-9-14(19-16(20-15)11(2)3)18-10-12-5-7-13(17)8-6-12/h5-9,11H,4,10H2,1-3H3,(H,18,19,20). The van der Waals surface area contributed by atoms with Gasteiger partial charge < -0.3 is 10.1 Å². The van der Waals surface area contributed by atoms with Crippen molar-refractivity contribution in [1.82, 2.24) is 9.97 Å². The molecule has 0 saturated heterocycles. The minimum Gasteiger partial charge on any atom is -0.478 e. The largest absolute Gasteiger partial charge is 0.478 e. The SMILES string of the molecule is CCOc1cc(NCc2ccc(Cl)cc2)nc(C(C)C)n1. The first kappa shape index (κ1) is 15.6. The fraction of sp³-hybridized carbons (Fsp3) is 0.375. The summed E-state index contributed by atoms with van der Waals surface area (Å²) in [6.07, 6.45) is 0. The maximum atomic E-state index is 5.88. The van der Waals surface area contributed by atoms with E-state index < -0.39 is 0 Å². The van der Waals surface area contributed by atoms with E-state index in [9.17, 15) is 0 Å². The first-order valence-electron chi connectivity index (χ1n) is 7.08. The second kappa shape index (κ2) is 7.27. The molecular weight excluding hydrogens is 286 g/mol. The van der Waals surface area contributed by atoms with Crippen molar-refractivity contribution in [2.75, 3.05) is 11.9 Å². The lowest BCUT2D eigenvalue weighted by Crippen LogP contribution is -2.07. The molecule has 1 aromatic carbocycles. The molecule has 112 valence electrons. The zero-order chi connectivity index (χ0) is 15.2. The van der Waals surface area contributed by atoms with Gasteiger partial charge in [-0.2, -0.15) is 4.98 Å². The minimum absolute atomic E-state index is 0.251. The summed E-state index contributed by atoms with van der Waals surface area (Å²) in [5.74, 6) is 2.41. The summed E-state index contributed by atoms with van der Waals surface area (Å²) >= 11 is 5.88. The summed E-state index contributed by atoms with van der Waals surface area (Å²) in [5, 5.41) is 4.04. The molecule has 0 amide bonds. The van der Waals surface area contributed by atoms with E-state index in [1.165, 1.54) is 0 Å². The number of benzene rings is 1. The Kier molecular flexibility index (Phi) is 5.39. The van der Waals surface area contributed by atoms with E-state index in [0.717, 1.165) is 22.2 Å². The highest BCUT2D eigenvalue weighted by Gasteiger charge is 2.08. The van der Waals surface area contributed by atoms with Gasteiger partial charge in [0.15, 0.2) is 0 Å². The topological polar surface area (TPSA) is 47.0 Å². The molecule has 1 heterocycles. The predicted octanol–water partition coefficient (Wildman–Crippen LogP) is 4.26. The van der Waals surface area contributed by atoms with Crippen molar-refractivity contribution in [1.29, 1.82) is 0 Å². The Balaban J connectivity index is 2.12. The molecular formula is C16H20ClN3O. The molecule has 5 heteroatoms. The zero-order valence-corrected chi connectivity index (χ0v) is 13.3. The quantitative estimate of drug-likeness (QED) is 0.866. The summed E-state index contributed by atoms with van der Waals surface area (Å²) in [6, 6.07) is 9.56. The minimum atomic E-state index is 0.251. The third kappa shape index (κ3) is 4.60. The Hall–Kier alpha value is -1.81. The van der Waals surface area contributed by atoms with Crippen molar-refractivity contribution in [2.45, 2.75) is 33.2 Å². The van der Waals surface area contributed by atoms with Crippen LogP contribution in [0.5, 0.6) is 5.88 Å². The van der Waals surface area contributed by atoms with Gasteiger partial charge in [-0.25, -0.2) is 4.98 Å². The van der Waals surface area contributed by atoms with Crippen LogP contribution >= 0.6 is 11.6 Å². The Labute approximate surface area is 130 Å². The van der Waals surface area contributed by atoms with Crippen LogP contribution < -0.4 is 10.1 Å². The first-order valence-corrected chi connectivity index (χ1v) is 7.46. The van der Waals surface area contributed by atoms with E-state index in [2.05, 4.69) is 29.1 Å². The Morgan fingerprint density at radius 2 is 1.90 bits per heavy atom. The molecule has 4 nitrogen and oxygen atoms in total. The van der Waals surface area contributed by atoms with Crippen molar-refractivity contribution in [3.05, 3.63) is 46.7 Å². The second-order valence-corrected chi connectivity index (χ2v) is 5.45. The molecule has 2 aromatic rings. The first-order chi connectivity index (χ1) is 10.1. The summed E-state index contributed by atoms with van der Waals surface area (Å²) in [7, 11) is 0. The van der Waals surface area contributed by atoms with Gasteiger partial charge in [0.25, 0.3) is 0 Å². The smallest absolute Gasteiger partial charge is 0.218 e. The average Bonchev–Trinajstić information content (AvgIpc) is 2.47. The number of hydrogen-bond acceptors (Lipinski definition) is 4. The lowest BCUT2D eigenvalue weighted by Gasteiger charge is -2.12. The van der Waals surface area contributed by atoms with Crippen LogP contribution in [-0.2, 0) is 6.54 Å². The number of anilines is 1. The van der Waals surface area contributed by atoms with Crippen LogP contribution in [0.3, 0.4) is 0 Å². The maximum absolute atomic E-state index is 5.88. The monoisotopic (exact) mass is 305 g/mol. The van der Waals surface area contributed by atoms with Crippen molar-refractivity contribution in [3.63, 3.8) is 0 Å². The Bertz CT molecular complexity index is 585. The number of ether oxygens (including phenoxy) is 1. The molecule has 21 heavy (non-hydrogen) atoms. The van der Waals surface area contributed by atoms with E-state index in [1.807, 2.05) is 37.3 Å². The number of nitrogens with zero attached hydrogens (tertiary/aromatic N) is 2. The average molecular weight is 306 g/mol. The van der Waals surface area contributed by atoms with Crippen LogP contribution in [-0.4, -0.2) is 16.6 Å². The third-order valence-corrected chi connectivity index (χ3v) is 3.17. The molecule has 0 aliphatic rings. The molecule has 2 rings (SSSR count). The van der Waals surface area contributed by atoms with E-state index in [0.29, 0.717) is 19.0 Å². The van der Waals surface area contributed by atoms with E-state index >= 15 is 0 Å². The number of halogens is 1. The molecule has 0 aliphatic heterocycles. The van der Waals surface area contributed by atoms with Crippen molar-refractivity contribution in [2.24, 2.45) is 0 Å². The molecule has 0 unspecified atom stereocenters. The highest BCUT2D eigenvalue weighted by Crippen LogP contribution is 2.19. The second-order valence-electron chi connectivity index (χ2n) is 5.02. The van der Waals surface area contributed by atoms with Gasteiger partial charge >= 0.3 is 0 Å². The number of aromatic nitrogens is 2. The fourth-order valence-corrected chi connectivity index (χ4v) is 1.93. The van der Waals surface area contributed by atoms with Gasteiger partial charge in [-0.05, 0) is 24.6 Å². The number of hydrogen-bond donors (Lipinski definition) is 1. The van der Waals surface area contributed by atoms with E-state index in [1.54, 1.807) is 0 Å². The number of nitrogens with one attached hydrogen (secondary N) is 1. The molecule has 0 bridgehead atoms.